The van der Waals surface area contributed by atoms with E-state index in [0.29, 0.717) is 62.6 Å². The van der Waals surface area contributed by atoms with Gasteiger partial charge in [0.25, 0.3) is 0 Å². The van der Waals surface area contributed by atoms with E-state index < -0.39 is 15.1 Å². The second kappa shape index (κ2) is 11.4. The van der Waals surface area contributed by atoms with E-state index in [1.165, 1.54) is 6.26 Å². The van der Waals surface area contributed by atoms with E-state index in [0.717, 1.165) is 11.1 Å². The number of nitrogens with zero attached hydrogens (tertiary/aromatic N) is 1. The van der Waals surface area contributed by atoms with Crippen molar-refractivity contribution in [3.05, 3.63) is 83.8 Å². The van der Waals surface area contributed by atoms with E-state index in [-0.39, 0.29) is 11.7 Å². The van der Waals surface area contributed by atoms with Gasteiger partial charge < -0.3 is 18.8 Å². The molecule has 4 rings (SSSR count). The number of ether oxygens (including phenoxy) is 2. The number of carbonyl (C=O) groups excluding carboxylic acids is 1. The van der Waals surface area contributed by atoms with Gasteiger partial charge in [-0.1, -0.05) is 36.4 Å². The number of hydrogen-bond acceptors (Lipinski definition) is 6. The summed E-state index contributed by atoms with van der Waals surface area (Å²) in [5, 5.41) is -0.442. The van der Waals surface area contributed by atoms with E-state index in [2.05, 4.69) is 0 Å². The lowest BCUT2D eigenvalue weighted by Gasteiger charge is -2.31. The molecular formula is C27H31NO6S. The summed E-state index contributed by atoms with van der Waals surface area (Å²) in [5.41, 5.74) is 2.04. The molecule has 0 bridgehead atoms. The minimum absolute atomic E-state index is 0.0365. The SMILES string of the molecule is COc1ccc(CCC(=O)N2CCC(S(=O)(=O)Cc3ccco3)CC2)cc1OCc1ccccc1. The number of aryl methyl sites for hydroxylation is 1. The molecule has 0 atom stereocenters. The van der Waals surface area contributed by atoms with Crippen molar-refractivity contribution >= 4 is 15.7 Å². The topological polar surface area (TPSA) is 86.0 Å². The Bertz CT molecular complexity index is 1200. The van der Waals surface area contributed by atoms with Gasteiger partial charge in [-0.15, -0.1) is 0 Å². The van der Waals surface area contributed by atoms with E-state index in [1.807, 2.05) is 48.5 Å². The Morgan fingerprint density at radius 3 is 2.46 bits per heavy atom. The van der Waals surface area contributed by atoms with Gasteiger partial charge in [0.05, 0.1) is 18.6 Å². The van der Waals surface area contributed by atoms with Gasteiger partial charge in [-0.25, -0.2) is 8.42 Å². The molecule has 0 unspecified atom stereocenters. The fraction of sp³-hybridized carbons (Fsp3) is 0.370. The third-order valence-electron chi connectivity index (χ3n) is 6.32. The van der Waals surface area contributed by atoms with Crippen LogP contribution in [-0.2, 0) is 33.4 Å². The maximum absolute atomic E-state index is 12.8. The van der Waals surface area contributed by atoms with Crippen LogP contribution in [0.1, 0.15) is 36.1 Å². The number of hydrogen-bond donors (Lipinski definition) is 0. The lowest BCUT2D eigenvalue weighted by atomic mass is 10.1. The molecule has 7 nitrogen and oxygen atoms in total. The molecule has 1 fully saturated rings. The van der Waals surface area contributed by atoms with Crippen LogP contribution >= 0.6 is 0 Å². The first-order valence-corrected chi connectivity index (χ1v) is 13.5. The number of methoxy groups -OCH3 is 1. The van der Waals surface area contributed by atoms with Crippen molar-refractivity contribution in [3.8, 4) is 11.5 Å². The highest BCUT2D eigenvalue weighted by molar-refractivity contribution is 7.91. The van der Waals surface area contributed by atoms with Crippen LogP contribution in [0.25, 0.3) is 0 Å². The third kappa shape index (κ3) is 6.66. The molecule has 0 radical (unpaired) electrons. The molecule has 2 aromatic carbocycles. The first-order chi connectivity index (χ1) is 16.9. The molecule has 0 N–H and O–H groups in total. The molecule has 1 saturated heterocycles. The van der Waals surface area contributed by atoms with Crippen molar-refractivity contribution in [2.24, 2.45) is 0 Å². The van der Waals surface area contributed by atoms with Crippen LogP contribution in [-0.4, -0.2) is 44.7 Å². The maximum Gasteiger partial charge on any atom is 0.222 e. The van der Waals surface area contributed by atoms with Crippen LogP contribution in [0.3, 0.4) is 0 Å². The summed E-state index contributed by atoms with van der Waals surface area (Å²) >= 11 is 0. The van der Waals surface area contributed by atoms with Crippen molar-refractivity contribution in [2.45, 2.75) is 43.3 Å². The van der Waals surface area contributed by atoms with Crippen molar-refractivity contribution in [2.75, 3.05) is 20.2 Å². The molecule has 35 heavy (non-hydrogen) atoms. The van der Waals surface area contributed by atoms with Crippen LogP contribution in [0.4, 0.5) is 0 Å². The van der Waals surface area contributed by atoms with Gasteiger partial charge in [0, 0.05) is 19.5 Å². The number of benzene rings is 2. The standard InChI is InChI=1S/C27H31NO6S/c1-32-25-11-9-21(18-26(25)34-19-22-6-3-2-4-7-22)10-12-27(29)28-15-13-24(14-16-28)35(30,31)20-23-8-5-17-33-23/h2-9,11,17-18,24H,10,12-16,19-20H2,1H3. The zero-order valence-electron chi connectivity index (χ0n) is 19.9. The summed E-state index contributed by atoms with van der Waals surface area (Å²) < 4.78 is 42.0. The summed E-state index contributed by atoms with van der Waals surface area (Å²) in [6, 6.07) is 19.0. The van der Waals surface area contributed by atoms with Crippen molar-refractivity contribution in [1.29, 1.82) is 0 Å². The number of rotatable bonds is 10. The molecular weight excluding hydrogens is 466 g/mol. The smallest absolute Gasteiger partial charge is 0.222 e. The lowest BCUT2D eigenvalue weighted by molar-refractivity contribution is -0.132. The third-order valence-corrected chi connectivity index (χ3v) is 8.49. The summed E-state index contributed by atoms with van der Waals surface area (Å²) in [6.45, 7) is 1.33. The highest BCUT2D eigenvalue weighted by atomic mass is 32.2. The summed E-state index contributed by atoms with van der Waals surface area (Å²) in [4.78, 5) is 14.6. The minimum atomic E-state index is -3.31. The fourth-order valence-corrected chi connectivity index (χ4v) is 6.03. The number of furan rings is 1. The van der Waals surface area contributed by atoms with Gasteiger partial charge in [-0.2, -0.15) is 0 Å². The quantitative estimate of drug-likeness (QED) is 0.413. The second-order valence-electron chi connectivity index (χ2n) is 8.73. The molecule has 1 aliphatic heterocycles. The van der Waals surface area contributed by atoms with Crippen molar-refractivity contribution in [3.63, 3.8) is 0 Å². The average Bonchev–Trinajstić information content (AvgIpc) is 3.39. The maximum atomic E-state index is 12.8. The minimum Gasteiger partial charge on any atom is -0.493 e. The number of likely N-dealkylation sites (tertiary alicyclic amines) is 1. The molecule has 0 aliphatic carbocycles. The van der Waals surface area contributed by atoms with Gasteiger partial charge in [0.1, 0.15) is 18.1 Å². The second-order valence-corrected chi connectivity index (χ2v) is 11.0. The molecule has 1 aromatic heterocycles. The van der Waals surface area contributed by atoms with E-state index in [9.17, 15) is 13.2 Å². The Morgan fingerprint density at radius 1 is 1.00 bits per heavy atom. The highest BCUT2D eigenvalue weighted by Crippen LogP contribution is 2.30. The molecule has 8 heteroatoms. The first kappa shape index (κ1) is 24.9. The van der Waals surface area contributed by atoms with Crippen LogP contribution in [0.2, 0.25) is 0 Å². The van der Waals surface area contributed by atoms with E-state index >= 15 is 0 Å². The van der Waals surface area contributed by atoms with Crippen LogP contribution in [0.5, 0.6) is 11.5 Å². The van der Waals surface area contributed by atoms with Crippen molar-refractivity contribution < 1.29 is 27.1 Å². The Hall–Kier alpha value is -3.26. The number of sulfone groups is 1. The molecule has 1 aliphatic rings. The largest absolute Gasteiger partial charge is 0.493 e. The molecule has 0 saturated carbocycles. The van der Waals surface area contributed by atoms with Crippen LogP contribution in [0, 0.1) is 0 Å². The Labute approximate surface area is 206 Å². The predicted octanol–water partition coefficient (Wildman–Crippen LogP) is 4.41. The number of piperidine rings is 1. The lowest BCUT2D eigenvalue weighted by Crippen LogP contribution is -2.42. The molecule has 1 amide bonds. The summed E-state index contributed by atoms with van der Waals surface area (Å²) in [6.07, 6.45) is 3.31. The predicted molar refractivity (Wildman–Crippen MR) is 133 cm³/mol. The monoisotopic (exact) mass is 497 g/mol. The van der Waals surface area contributed by atoms with Crippen molar-refractivity contribution in [1.82, 2.24) is 4.90 Å². The summed E-state index contributed by atoms with van der Waals surface area (Å²) in [7, 11) is -1.70. The first-order valence-electron chi connectivity index (χ1n) is 11.8. The Morgan fingerprint density at radius 2 is 1.77 bits per heavy atom. The van der Waals surface area contributed by atoms with Gasteiger partial charge in [0.2, 0.25) is 5.91 Å². The summed E-state index contributed by atoms with van der Waals surface area (Å²) in [5.74, 6) is 1.69. The number of carbonyl (C=O) groups is 1. The van der Waals surface area contributed by atoms with Gasteiger partial charge in [-0.3, -0.25) is 4.79 Å². The van der Waals surface area contributed by atoms with Gasteiger partial charge in [0.15, 0.2) is 21.3 Å². The zero-order valence-corrected chi connectivity index (χ0v) is 20.7. The van der Waals surface area contributed by atoms with E-state index in [4.69, 9.17) is 13.9 Å². The Balaban J connectivity index is 1.28. The van der Waals surface area contributed by atoms with E-state index in [1.54, 1.807) is 24.1 Å². The Kier molecular flexibility index (Phi) is 8.13. The fourth-order valence-electron chi connectivity index (χ4n) is 4.31. The van der Waals surface area contributed by atoms with Crippen LogP contribution < -0.4 is 9.47 Å². The molecule has 3 aromatic rings. The molecule has 0 spiro atoms. The van der Waals surface area contributed by atoms with Crippen LogP contribution in [0.15, 0.2) is 71.3 Å². The number of amides is 1. The molecule has 186 valence electrons. The zero-order chi connectivity index (χ0) is 24.7. The average molecular weight is 498 g/mol. The van der Waals surface area contributed by atoms with Gasteiger partial charge >= 0.3 is 0 Å². The highest BCUT2D eigenvalue weighted by Gasteiger charge is 2.32. The van der Waals surface area contributed by atoms with Gasteiger partial charge in [-0.05, 0) is 54.7 Å². The normalized spacial score (nSPS) is 14.6. The molecule has 2 heterocycles.